The third-order valence-electron chi connectivity index (χ3n) is 1.65. The van der Waals surface area contributed by atoms with Crippen molar-refractivity contribution in [1.29, 1.82) is 0 Å². The molecule has 84 valence electrons. The largest absolute Gasteiger partial charge is 0.396 e. The summed E-state index contributed by atoms with van der Waals surface area (Å²) in [5.41, 5.74) is 2.10. The second-order valence-electron chi connectivity index (χ2n) is 2.78. The molecule has 0 rings (SSSR count). The number of halogens is 1. The second-order valence-corrected chi connectivity index (χ2v) is 3.00. The third-order valence-corrected chi connectivity index (χ3v) is 1.76. The molecule has 6 nitrogen and oxygen atoms in total. The molecule has 0 aromatic heterocycles. The van der Waals surface area contributed by atoms with Gasteiger partial charge in [-0.15, -0.1) is 5.01 Å². The first-order valence-electron chi connectivity index (χ1n) is 4.45. The van der Waals surface area contributed by atoms with E-state index in [-0.39, 0.29) is 12.7 Å². The van der Waals surface area contributed by atoms with Crippen LogP contribution in [-0.2, 0) is 4.84 Å². The lowest BCUT2D eigenvalue weighted by Gasteiger charge is -2.07. The smallest absolute Gasteiger partial charge is 0.274 e. The van der Waals surface area contributed by atoms with Crippen LogP contribution in [0.3, 0.4) is 0 Å². The van der Waals surface area contributed by atoms with Gasteiger partial charge in [-0.25, -0.2) is 4.84 Å². The Kier molecular flexibility index (Phi) is 8.61. The van der Waals surface area contributed by atoms with Crippen molar-refractivity contribution < 1.29 is 14.9 Å². The first-order chi connectivity index (χ1) is 6.72. The molecule has 0 unspecified atom stereocenters. The van der Waals surface area contributed by atoms with Crippen molar-refractivity contribution in [3.63, 3.8) is 0 Å². The van der Waals surface area contributed by atoms with Crippen LogP contribution in [0.5, 0.6) is 0 Å². The first-order valence-corrected chi connectivity index (χ1v) is 4.98. The molecule has 0 aliphatic rings. The summed E-state index contributed by atoms with van der Waals surface area (Å²) in [5, 5.41) is 9.94. The van der Waals surface area contributed by atoms with Gasteiger partial charge in [0.25, 0.3) is 4.98 Å². The Morgan fingerprint density at radius 2 is 2.21 bits per heavy atom. The average Bonchev–Trinajstić information content (AvgIpc) is 2.20. The fourth-order valence-corrected chi connectivity index (χ4v) is 0.918. The van der Waals surface area contributed by atoms with Gasteiger partial charge < -0.3 is 5.11 Å². The molecule has 0 saturated carbocycles. The molecule has 0 radical (unpaired) electrons. The summed E-state index contributed by atoms with van der Waals surface area (Å²) < 4.78 is 0. The Morgan fingerprint density at radius 1 is 1.50 bits per heavy atom. The quantitative estimate of drug-likeness (QED) is 0.258. The Labute approximate surface area is 88.2 Å². The van der Waals surface area contributed by atoms with Gasteiger partial charge in [0, 0.05) is 12.2 Å². The number of hydrazine groups is 2. The van der Waals surface area contributed by atoms with Gasteiger partial charge in [-0.05, 0) is 19.3 Å². The zero-order valence-electron chi connectivity index (χ0n) is 8.28. The summed E-state index contributed by atoms with van der Waals surface area (Å²) in [6, 6.07) is -0.0862. The van der Waals surface area contributed by atoms with E-state index in [1.807, 2.05) is 0 Å². The zero-order chi connectivity index (χ0) is 10.8. The van der Waals surface area contributed by atoms with E-state index in [9.17, 15) is 4.91 Å². The van der Waals surface area contributed by atoms with E-state index >= 15 is 0 Å². The molecule has 2 N–H and O–H groups in total. The van der Waals surface area contributed by atoms with Crippen molar-refractivity contribution in [2.45, 2.75) is 19.3 Å². The Balaban J connectivity index is 3.42. The van der Waals surface area contributed by atoms with E-state index in [0.717, 1.165) is 19.3 Å². The van der Waals surface area contributed by atoms with Gasteiger partial charge in [-0.3, -0.25) is 0 Å². The number of hydrogen-bond donors (Lipinski definition) is 2. The van der Waals surface area contributed by atoms with Crippen molar-refractivity contribution in [2.24, 2.45) is 0 Å². The summed E-state index contributed by atoms with van der Waals surface area (Å²) in [6.45, 7) is 0.792. The van der Waals surface area contributed by atoms with Crippen molar-refractivity contribution in [1.82, 2.24) is 10.6 Å². The summed E-state index contributed by atoms with van der Waals surface area (Å²) in [5.74, 6) is 0. The SMILES string of the molecule is CN(CCCCCO)[N+](=O)NOCCl. The lowest BCUT2D eigenvalue weighted by atomic mass is 10.2. The van der Waals surface area contributed by atoms with E-state index in [0.29, 0.717) is 11.5 Å². The number of nitrogens with one attached hydrogen (secondary N) is 1. The summed E-state index contributed by atoms with van der Waals surface area (Å²) in [4.78, 5) is 16.0. The molecule has 0 bridgehead atoms. The first kappa shape index (κ1) is 13.4. The fraction of sp³-hybridized carbons (Fsp3) is 1.00. The Morgan fingerprint density at radius 3 is 2.79 bits per heavy atom. The molecule has 0 fully saturated rings. The highest BCUT2D eigenvalue weighted by atomic mass is 35.5. The highest BCUT2D eigenvalue weighted by Crippen LogP contribution is 1.96. The van der Waals surface area contributed by atoms with Gasteiger partial charge in [0.1, 0.15) is 0 Å². The van der Waals surface area contributed by atoms with Crippen LogP contribution < -0.4 is 5.59 Å². The average molecular weight is 227 g/mol. The van der Waals surface area contributed by atoms with Crippen LogP contribution >= 0.6 is 11.6 Å². The monoisotopic (exact) mass is 226 g/mol. The molecule has 0 amide bonds. The molecule has 0 aromatic carbocycles. The minimum atomic E-state index is -0.0862. The number of hydrogen-bond acceptors (Lipinski definition) is 3. The molecule has 0 saturated heterocycles. The minimum absolute atomic E-state index is 0.0862. The van der Waals surface area contributed by atoms with Crippen LogP contribution in [-0.4, -0.2) is 41.4 Å². The van der Waals surface area contributed by atoms with Crippen LogP contribution in [0.25, 0.3) is 0 Å². The van der Waals surface area contributed by atoms with Crippen molar-refractivity contribution in [3.05, 3.63) is 4.91 Å². The molecule has 0 aliphatic heterocycles. The van der Waals surface area contributed by atoms with Gasteiger partial charge in [-0.1, -0.05) is 11.6 Å². The van der Waals surface area contributed by atoms with Crippen molar-refractivity contribution in [2.75, 3.05) is 26.3 Å². The lowest BCUT2D eigenvalue weighted by Crippen LogP contribution is -2.40. The van der Waals surface area contributed by atoms with E-state index in [4.69, 9.17) is 16.7 Å². The molecule has 0 aliphatic carbocycles. The number of unbranched alkanes of at least 4 members (excludes halogenated alkanes) is 2. The van der Waals surface area contributed by atoms with Crippen LogP contribution in [0.1, 0.15) is 19.3 Å². The Hall–Kier alpha value is -0.590. The number of aliphatic hydroxyl groups excluding tert-OH is 1. The van der Waals surface area contributed by atoms with Gasteiger partial charge in [0.05, 0.1) is 18.5 Å². The predicted octanol–water partition coefficient (Wildman–Crippen LogP) is 0.407. The number of alkyl halides is 1. The van der Waals surface area contributed by atoms with E-state index in [1.165, 1.54) is 5.01 Å². The van der Waals surface area contributed by atoms with E-state index < -0.39 is 0 Å². The van der Waals surface area contributed by atoms with Crippen LogP contribution in [0.15, 0.2) is 0 Å². The van der Waals surface area contributed by atoms with Crippen molar-refractivity contribution >= 4 is 11.6 Å². The topological polar surface area (TPSA) is 64.8 Å². The number of nitroso groups, excluding NO2 is 1. The fourth-order valence-electron chi connectivity index (χ4n) is 0.869. The van der Waals surface area contributed by atoms with Crippen molar-refractivity contribution in [3.8, 4) is 0 Å². The van der Waals surface area contributed by atoms with Crippen LogP contribution in [0.4, 0.5) is 0 Å². The highest BCUT2D eigenvalue weighted by molar-refractivity contribution is 6.17. The third kappa shape index (κ3) is 6.88. The maximum atomic E-state index is 11.1. The summed E-state index contributed by atoms with van der Waals surface area (Å²) in [6.07, 6.45) is 2.50. The molecule has 0 aromatic rings. The van der Waals surface area contributed by atoms with Gasteiger partial charge >= 0.3 is 0 Å². The van der Waals surface area contributed by atoms with Gasteiger partial charge in [0.2, 0.25) is 0 Å². The van der Waals surface area contributed by atoms with Crippen LogP contribution in [0, 0.1) is 4.91 Å². The lowest BCUT2D eigenvalue weighted by molar-refractivity contribution is -0.783. The highest BCUT2D eigenvalue weighted by Gasteiger charge is 2.14. The van der Waals surface area contributed by atoms with Gasteiger partial charge in [-0.2, -0.15) is 0 Å². The maximum absolute atomic E-state index is 11.1. The molecule has 0 heterocycles. The second kappa shape index (κ2) is 8.98. The standard InChI is InChI=1S/C7H17ClN3O3/c1-10(5-3-2-4-6-12)11(13)9-14-7-8/h12H,2-7H2,1H3,(H,9,13)/q+1. The van der Waals surface area contributed by atoms with Gasteiger partial charge in [0.15, 0.2) is 6.07 Å². The molecule has 0 spiro atoms. The predicted molar refractivity (Wildman–Crippen MR) is 52.1 cm³/mol. The molecular formula is C7H17ClN3O3+. The van der Waals surface area contributed by atoms with E-state index in [2.05, 4.69) is 10.4 Å². The normalized spacial score (nSPS) is 9.93. The number of rotatable bonds is 9. The molecular weight excluding hydrogens is 210 g/mol. The summed E-state index contributed by atoms with van der Waals surface area (Å²) in [7, 11) is 1.64. The van der Waals surface area contributed by atoms with E-state index in [1.54, 1.807) is 7.05 Å². The minimum Gasteiger partial charge on any atom is -0.396 e. The van der Waals surface area contributed by atoms with Crippen LogP contribution in [0.2, 0.25) is 0 Å². The number of nitrogens with zero attached hydrogens (tertiary/aromatic N) is 2. The molecule has 0 atom stereocenters. The maximum Gasteiger partial charge on any atom is 0.274 e. The molecule has 14 heavy (non-hydrogen) atoms. The number of aliphatic hydroxyl groups is 1. The Bertz CT molecular complexity index is 159. The zero-order valence-corrected chi connectivity index (χ0v) is 9.03. The summed E-state index contributed by atoms with van der Waals surface area (Å²) >= 11 is 5.20. The molecule has 7 heteroatoms.